The molecule has 0 saturated carbocycles. The maximum atomic E-state index is 12.2. The molecule has 0 spiro atoms. The summed E-state index contributed by atoms with van der Waals surface area (Å²) in [7, 11) is 0. The molecule has 0 atom stereocenters. The van der Waals surface area contributed by atoms with Crippen LogP contribution in [0.1, 0.15) is 15.9 Å². The number of amides is 2. The van der Waals surface area contributed by atoms with E-state index < -0.39 is 0 Å². The number of anilines is 1. The summed E-state index contributed by atoms with van der Waals surface area (Å²) in [5.41, 5.74) is 2.27. The average molecular weight is 456 g/mol. The van der Waals surface area contributed by atoms with Gasteiger partial charge in [0.2, 0.25) is 5.91 Å². The minimum atomic E-state index is -0.294. The van der Waals surface area contributed by atoms with Crippen LogP contribution in [0.3, 0.4) is 0 Å². The number of nitrogens with one attached hydrogen (secondary N) is 2. The number of hydrogen-bond acceptors (Lipinski definition) is 4. The van der Waals surface area contributed by atoms with Crippen LogP contribution < -0.4 is 10.6 Å². The fraction of sp³-hybridized carbons (Fsp3) is 0.0952. The molecule has 0 aliphatic heterocycles. The number of carbonyl (C=O) groups excluding carboxylic acids is 2. The number of halogens is 1. The van der Waals surface area contributed by atoms with Crippen molar-refractivity contribution >= 4 is 45.2 Å². The van der Waals surface area contributed by atoms with Gasteiger partial charge in [0, 0.05) is 27.7 Å². The van der Waals surface area contributed by atoms with Gasteiger partial charge in [0.05, 0.1) is 11.6 Å². The summed E-state index contributed by atoms with van der Waals surface area (Å²) in [5, 5.41) is 6.39. The quantitative estimate of drug-likeness (QED) is 0.514. The summed E-state index contributed by atoms with van der Waals surface area (Å²) < 4.78 is 0.810. The molecule has 1 aromatic heterocycles. The van der Waals surface area contributed by atoms with Crippen LogP contribution in [0.25, 0.3) is 0 Å². The molecule has 3 aromatic rings. The summed E-state index contributed by atoms with van der Waals surface area (Å²) in [6.45, 7) is -0.0989. The van der Waals surface area contributed by atoms with Gasteiger partial charge >= 0.3 is 0 Å². The molecule has 2 amide bonds. The topological polar surface area (TPSA) is 71.1 Å². The molecule has 28 heavy (non-hydrogen) atoms. The summed E-state index contributed by atoms with van der Waals surface area (Å²) in [6, 6.07) is 20.4. The van der Waals surface area contributed by atoms with Crippen molar-refractivity contribution in [2.75, 3.05) is 11.9 Å². The zero-order valence-electron chi connectivity index (χ0n) is 14.9. The lowest BCUT2D eigenvalue weighted by Crippen LogP contribution is -2.32. The monoisotopic (exact) mass is 455 g/mol. The second-order valence-corrected chi connectivity index (χ2v) is 7.81. The van der Waals surface area contributed by atoms with Gasteiger partial charge < -0.3 is 10.6 Å². The first kappa shape index (κ1) is 20.1. The highest BCUT2D eigenvalue weighted by molar-refractivity contribution is 9.10. The van der Waals surface area contributed by atoms with Crippen LogP contribution in [-0.2, 0) is 10.5 Å². The van der Waals surface area contributed by atoms with Crippen LogP contribution in [0.2, 0.25) is 0 Å². The Morgan fingerprint density at radius 2 is 1.86 bits per heavy atom. The van der Waals surface area contributed by atoms with E-state index in [1.165, 1.54) is 0 Å². The molecule has 0 fully saturated rings. The second kappa shape index (κ2) is 10.1. The molecule has 3 rings (SSSR count). The summed E-state index contributed by atoms with van der Waals surface area (Å²) >= 11 is 4.95. The number of aromatic nitrogens is 1. The largest absolute Gasteiger partial charge is 0.343 e. The lowest BCUT2D eigenvalue weighted by atomic mass is 10.2. The number of rotatable bonds is 7. The first-order valence-electron chi connectivity index (χ1n) is 8.56. The molecular weight excluding hydrogens is 438 g/mol. The van der Waals surface area contributed by atoms with E-state index in [0.717, 1.165) is 20.8 Å². The predicted molar refractivity (Wildman–Crippen MR) is 115 cm³/mol. The van der Waals surface area contributed by atoms with Gasteiger partial charge in [-0.15, -0.1) is 11.8 Å². The van der Waals surface area contributed by atoms with Crippen LogP contribution in [0.15, 0.2) is 82.4 Å². The standard InChI is InChI=1S/C21H18BrN3O2S/c22-17-7-4-6-16(12-17)21(27)24-13-19(26)25-18-8-3-5-15(11-18)14-28-20-9-1-2-10-23-20/h1-12H,13-14H2,(H,24,27)(H,25,26). The van der Waals surface area contributed by atoms with Crippen LogP contribution in [0, 0.1) is 0 Å². The van der Waals surface area contributed by atoms with Gasteiger partial charge in [-0.1, -0.05) is 40.2 Å². The van der Waals surface area contributed by atoms with Gasteiger partial charge in [-0.05, 0) is 48.0 Å². The van der Waals surface area contributed by atoms with Crippen molar-refractivity contribution in [2.45, 2.75) is 10.8 Å². The second-order valence-electron chi connectivity index (χ2n) is 5.90. The third-order valence-corrected chi connectivity index (χ3v) is 5.24. The minimum absolute atomic E-state index is 0.0989. The Morgan fingerprint density at radius 3 is 2.64 bits per heavy atom. The Balaban J connectivity index is 1.50. The Labute approximate surface area is 176 Å². The number of thioether (sulfide) groups is 1. The highest BCUT2D eigenvalue weighted by Crippen LogP contribution is 2.22. The third-order valence-electron chi connectivity index (χ3n) is 3.73. The summed E-state index contributed by atoms with van der Waals surface area (Å²) in [5.74, 6) is 0.176. The third kappa shape index (κ3) is 6.21. The molecule has 0 aliphatic carbocycles. The smallest absolute Gasteiger partial charge is 0.251 e. The summed E-state index contributed by atoms with van der Waals surface area (Å²) in [4.78, 5) is 28.5. The van der Waals surface area contributed by atoms with E-state index in [0.29, 0.717) is 11.3 Å². The highest BCUT2D eigenvalue weighted by Gasteiger charge is 2.09. The molecular formula is C21H18BrN3O2S. The zero-order valence-corrected chi connectivity index (χ0v) is 17.3. The maximum absolute atomic E-state index is 12.2. The van der Waals surface area contributed by atoms with E-state index >= 15 is 0 Å². The number of carbonyl (C=O) groups is 2. The lowest BCUT2D eigenvalue weighted by Gasteiger charge is -2.09. The molecule has 7 heteroatoms. The van der Waals surface area contributed by atoms with Gasteiger partial charge in [-0.3, -0.25) is 9.59 Å². The van der Waals surface area contributed by atoms with Crippen molar-refractivity contribution in [3.63, 3.8) is 0 Å². The van der Waals surface area contributed by atoms with Crippen LogP contribution in [0.4, 0.5) is 5.69 Å². The van der Waals surface area contributed by atoms with Gasteiger partial charge in [0.15, 0.2) is 0 Å². The normalized spacial score (nSPS) is 10.3. The van der Waals surface area contributed by atoms with Crippen LogP contribution >= 0.6 is 27.7 Å². The van der Waals surface area contributed by atoms with Crippen LogP contribution in [0.5, 0.6) is 0 Å². The fourth-order valence-electron chi connectivity index (χ4n) is 2.43. The van der Waals surface area contributed by atoms with Crippen molar-refractivity contribution in [1.82, 2.24) is 10.3 Å². The van der Waals surface area contributed by atoms with E-state index in [4.69, 9.17) is 0 Å². The van der Waals surface area contributed by atoms with E-state index in [2.05, 4.69) is 31.5 Å². The lowest BCUT2D eigenvalue weighted by molar-refractivity contribution is -0.115. The first-order valence-corrected chi connectivity index (χ1v) is 10.3. The van der Waals surface area contributed by atoms with Gasteiger partial charge in [-0.25, -0.2) is 4.98 Å². The molecule has 0 saturated heterocycles. The van der Waals surface area contributed by atoms with Gasteiger partial charge in [0.25, 0.3) is 5.91 Å². The van der Waals surface area contributed by atoms with Crippen molar-refractivity contribution in [1.29, 1.82) is 0 Å². The van der Waals surface area contributed by atoms with Gasteiger partial charge in [0.1, 0.15) is 0 Å². The Morgan fingerprint density at radius 1 is 1.00 bits per heavy atom. The molecule has 0 bridgehead atoms. The Bertz CT molecular complexity index is 967. The minimum Gasteiger partial charge on any atom is -0.343 e. The molecule has 2 N–H and O–H groups in total. The molecule has 2 aromatic carbocycles. The number of hydrogen-bond donors (Lipinski definition) is 2. The zero-order chi connectivity index (χ0) is 19.8. The van der Waals surface area contributed by atoms with Crippen LogP contribution in [-0.4, -0.2) is 23.3 Å². The molecule has 0 unspecified atom stereocenters. The maximum Gasteiger partial charge on any atom is 0.251 e. The fourth-order valence-corrected chi connectivity index (χ4v) is 3.63. The molecule has 0 aliphatic rings. The number of nitrogens with zero attached hydrogens (tertiary/aromatic N) is 1. The summed E-state index contributed by atoms with van der Waals surface area (Å²) in [6.07, 6.45) is 1.77. The SMILES string of the molecule is O=C(CNC(=O)c1cccc(Br)c1)Nc1cccc(CSc2ccccn2)c1. The van der Waals surface area contributed by atoms with Crippen molar-refractivity contribution in [2.24, 2.45) is 0 Å². The molecule has 0 radical (unpaired) electrons. The molecule has 142 valence electrons. The number of benzene rings is 2. The first-order chi connectivity index (χ1) is 13.6. The van der Waals surface area contributed by atoms with Crippen molar-refractivity contribution in [3.05, 3.63) is 88.5 Å². The predicted octanol–water partition coefficient (Wildman–Crippen LogP) is 4.50. The van der Waals surface area contributed by atoms with Gasteiger partial charge in [-0.2, -0.15) is 0 Å². The molecule has 1 heterocycles. The molecule has 5 nitrogen and oxygen atoms in total. The highest BCUT2D eigenvalue weighted by atomic mass is 79.9. The van der Waals surface area contributed by atoms with E-state index in [9.17, 15) is 9.59 Å². The van der Waals surface area contributed by atoms with Crippen molar-refractivity contribution in [3.8, 4) is 0 Å². The number of pyridine rings is 1. The Hall–Kier alpha value is -2.64. The average Bonchev–Trinajstić information content (AvgIpc) is 2.71. The van der Waals surface area contributed by atoms with Crippen molar-refractivity contribution < 1.29 is 9.59 Å². The van der Waals surface area contributed by atoms with E-state index in [-0.39, 0.29) is 18.4 Å². The van der Waals surface area contributed by atoms with E-state index in [1.807, 2.05) is 48.5 Å². The Kier molecular flexibility index (Phi) is 7.22. The van der Waals surface area contributed by atoms with E-state index in [1.54, 1.807) is 36.2 Å².